The molecule has 1 atom stereocenters. The Morgan fingerprint density at radius 1 is 1.24 bits per heavy atom. The van der Waals surface area contributed by atoms with Crippen molar-refractivity contribution in [3.05, 3.63) is 22.8 Å². The maximum atomic E-state index is 15.5. The van der Waals surface area contributed by atoms with Crippen LogP contribution >= 0.6 is 11.3 Å². The first-order valence-corrected chi connectivity index (χ1v) is 10.1. The standard InChI is InChI=1S/C20H24BFO6S/c1-10(18(24)25)7-12(23)15-8-11-14(29-15)9-13(26-6)16(17(11)22)21-27-19(2,3)20(4,5)28-21/h8-10H,7H2,1-6H3,(H,24,25)/t10-/m0/s1. The van der Waals surface area contributed by atoms with Crippen LogP contribution in [0.4, 0.5) is 4.39 Å². The predicted octanol–water partition coefficient (Wildman–Crippen LogP) is 3.64. The van der Waals surface area contributed by atoms with E-state index in [0.717, 1.165) is 11.3 Å². The van der Waals surface area contributed by atoms with Gasteiger partial charge in [-0.2, -0.15) is 0 Å². The maximum absolute atomic E-state index is 15.5. The predicted molar refractivity (Wildman–Crippen MR) is 110 cm³/mol. The lowest BCUT2D eigenvalue weighted by atomic mass is 9.77. The van der Waals surface area contributed by atoms with E-state index in [1.165, 1.54) is 20.1 Å². The number of hydrogen-bond acceptors (Lipinski definition) is 6. The van der Waals surface area contributed by atoms with Crippen LogP contribution in [0.1, 0.15) is 50.7 Å². The van der Waals surface area contributed by atoms with Crippen LogP contribution in [0.3, 0.4) is 0 Å². The van der Waals surface area contributed by atoms with E-state index in [1.54, 1.807) is 6.07 Å². The number of rotatable bonds is 6. The van der Waals surface area contributed by atoms with Crippen molar-refractivity contribution in [3.8, 4) is 5.75 Å². The molecule has 0 unspecified atom stereocenters. The number of carboxylic acids is 1. The Bertz CT molecular complexity index is 967. The number of methoxy groups -OCH3 is 1. The first-order chi connectivity index (χ1) is 13.4. The summed E-state index contributed by atoms with van der Waals surface area (Å²) < 4.78 is 33.4. The normalized spacial score (nSPS) is 18.8. The minimum absolute atomic E-state index is 0.148. The molecular formula is C20H24BFO6S. The molecule has 9 heteroatoms. The van der Waals surface area contributed by atoms with Gasteiger partial charge in [-0.3, -0.25) is 9.59 Å². The fourth-order valence-electron chi connectivity index (χ4n) is 3.09. The van der Waals surface area contributed by atoms with E-state index in [0.29, 0.717) is 9.58 Å². The molecule has 1 aromatic heterocycles. The molecule has 0 amide bonds. The summed E-state index contributed by atoms with van der Waals surface area (Å²) in [6, 6.07) is 3.11. The molecule has 0 saturated carbocycles. The van der Waals surface area contributed by atoms with Crippen molar-refractivity contribution in [1.29, 1.82) is 0 Å². The summed E-state index contributed by atoms with van der Waals surface area (Å²) >= 11 is 1.11. The van der Waals surface area contributed by atoms with Gasteiger partial charge in [-0.25, -0.2) is 4.39 Å². The lowest BCUT2D eigenvalue weighted by Crippen LogP contribution is -2.41. The molecule has 0 bridgehead atoms. The van der Waals surface area contributed by atoms with Crippen molar-refractivity contribution in [2.75, 3.05) is 7.11 Å². The van der Waals surface area contributed by atoms with Gasteiger partial charge < -0.3 is 19.2 Å². The number of ketones is 1. The molecule has 0 radical (unpaired) electrons. The summed E-state index contributed by atoms with van der Waals surface area (Å²) in [4.78, 5) is 23.8. The molecule has 6 nitrogen and oxygen atoms in total. The Hall–Kier alpha value is -1.97. The Balaban J connectivity index is 2.04. The number of thiophene rings is 1. The molecule has 1 N–H and O–H groups in total. The van der Waals surface area contributed by atoms with Crippen LogP contribution in [0.15, 0.2) is 12.1 Å². The third-order valence-electron chi connectivity index (χ3n) is 5.66. The summed E-state index contributed by atoms with van der Waals surface area (Å²) in [7, 11) is 0.481. The van der Waals surface area contributed by atoms with Crippen molar-refractivity contribution < 1.29 is 33.1 Å². The number of carbonyl (C=O) groups is 2. The SMILES string of the molecule is COc1cc2sc(C(=O)C[C@H](C)C(=O)O)cc2c(F)c1B1OC(C)(C)C(C)(C)O1. The van der Waals surface area contributed by atoms with Crippen molar-refractivity contribution in [1.82, 2.24) is 0 Å². The number of Topliss-reactive ketones (excluding diaryl/α,β-unsaturated/α-hetero) is 1. The Labute approximate surface area is 173 Å². The second-order valence-electron chi connectivity index (χ2n) is 8.28. The molecule has 0 aliphatic carbocycles. The largest absolute Gasteiger partial charge is 0.501 e. The van der Waals surface area contributed by atoms with E-state index in [4.69, 9.17) is 19.2 Å². The molecule has 1 saturated heterocycles. The molecule has 2 heterocycles. The number of carbonyl (C=O) groups excluding carboxylic acids is 1. The van der Waals surface area contributed by atoms with E-state index < -0.39 is 36.0 Å². The van der Waals surface area contributed by atoms with Gasteiger partial charge in [0.15, 0.2) is 5.78 Å². The summed E-state index contributed by atoms with van der Waals surface area (Å²) in [5.74, 6) is -2.49. The monoisotopic (exact) mass is 422 g/mol. The van der Waals surface area contributed by atoms with Gasteiger partial charge >= 0.3 is 13.1 Å². The number of halogens is 1. The highest BCUT2D eigenvalue weighted by Crippen LogP contribution is 2.39. The lowest BCUT2D eigenvalue weighted by molar-refractivity contribution is -0.141. The smallest absolute Gasteiger partial charge is 0.497 e. The molecule has 1 aliphatic heterocycles. The molecule has 29 heavy (non-hydrogen) atoms. The first-order valence-electron chi connectivity index (χ1n) is 9.29. The number of ether oxygens (including phenoxy) is 1. The summed E-state index contributed by atoms with van der Waals surface area (Å²) in [6.07, 6.45) is -0.148. The molecule has 3 rings (SSSR count). The second-order valence-corrected chi connectivity index (χ2v) is 9.37. The van der Waals surface area contributed by atoms with Crippen LogP contribution in [-0.4, -0.2) is 42.3 Å². The average Bonchev–Trinajstić information content (AvgIpc) is 3.12. The Kier molecular flexibility index (Phi) is 5.53. The minimum Gasteiger partial charge on any atom is -0.497 e. The zero-order valence-electron chi connectivity index (χ0n) is 17.3. The highest BCUT2D eigenvalue weighted by Gasteiger charge is 2.53. The van der Waals surface area contributed by atoms with Gasteiger partial charge in [0.1, 0.15) is 11.6 Å². The highest BCUT2D eigenvalue weighted by atomic mass is 32.1. The molecule has 156 valence electrons. The number of benzene rings is 1. The average molecular weight is 422 g/mol. The topological polar surface area (TPSA) is 82.1 Å². The number of hydrogen-bond donors (Lipinski definition) is 1. The van der Waals surface area contributed by atoms with Crippen LogP contribution in [-0.2, 0) is 14.1 Å². The van der Waals surface area contributed by atoms with Gasteiger partial charge in [0.2, 0.25) is 0 Å². The Morgan fingerprint density at radius 2 is 1.83 bits per heavy atom. The minimum atomic E-state index is -1.05. The molecular weight excluding hydrogens is 398 g/mol. The van der Waals surface area contributed by atoms with Gasteiger partial charge in [-0.15, -0.1) is 11.3 Å². The van der Waals surface area contributed by atoms with E-state index in [1.807, 2.05) is 27.7 Å². The van der Waals surface area contributed by atoms with Gasteiger partial charge in [-0.1, -0.05) is 6.92 Å². The number of aliphatic carboxylic acids is 1. The third-order valence-corrected chi connectivity index (χ3v) is 6.78. The van der Waals surface area contributed by atoms with Crippen molar-refractivity contribution in [2.24, 2.45) is 5.92 Å². The fourth-order valence-corrected chi connectivity index (χ4v) is 4.12. The van der Waals surface area contributed by atoms with E-state index in [9.17, 15) is 9.59 Å². The maximum Gasteiger partial charge on any atom is 0.501 e. The first kappa shape index (κ1) is 21.7. The van der Waals surface area contributed by atoms with Crippen LogP contribution in [0.5, 0.6) is 5.75 Å². The number of fused-ring (bicyclic) bond motifs is 1. The van der Waals surface area contributed by atoms with Gasteiger partial charge in [0, 0.05) is 16.5 Å². The second kappa shape index (κ2) is 7.38. The van der Waals surface area contributed by atoms with Crippen LogP contribution in [0, 0.1) is 11.7 Å². The van der Waals surface area contributed by atoms with Crippen LogP contribution in [0.2, 0.25) is 0 Å². The van der Waals surface area contributed by atoms with E-state index in [-0.39, 0.29) is 28.8 Å². The Morgan fingerprint density at radius 3 is 2.34 bits per heavy atom. The van der Waals surface area contributed by atoms with Gasteiger partial charge in [0.05, 0.1) is 34.6 Å². The zero-order chi connectivity index (χ0) is 21.7. The quantitative estimate of drug-likeness (QED) is 0.566. The molecule has 1 aromatic carbocycles. The van der Waals surface area contributed by atoms with Gasteiger partial charge in [0.25, 0.3) is 0 Å². The molecule has 0 spiro atoms. The summed E-state index contributed by atoms with van der Waals surface area (Å²) in [5.41, 5.74) is -1.14. The molecule has 1 fully saturated rings. The van der Waals surface area contributed by atoms with Crippen molar-refractivity contribution >= 4 is 45.8 Å². The summed E-state index contributed by atoms with van der Waals surface area (Å²) in [6.45, 7) is 8.97. The molecule has 2 aromatic rings. The lowest BCUT2D eigenvalue weighted by Gasteiger charge is -2.32. The fraction of sp³-hybridized carbons (Fsp3) is 0.500. The highest BCUT2D eigenvalue weighted by molar-refractivity contribution is 7.20. The van der Waals surface area contributed by atoms with Crippen molar-refractivity contribution in [3.63, 3.8) is 0 Å². The van der Waals surface area contributed by atoms with E-state index >= 15 is 4.39 Å². The van der Waals surface area contributed by atoms with Crippen LogP contribution in [0.25, 0.3) is 10.1 Å². The number of carboxylic acid groups (broad SMARTS) is 1. The summed E-state index contributed by atoms with van der Waals surface area (Å²) in [5, 5.41) is 9.28. The van der Waals surface area contributed by atoms with Crippen LogP contribution < -0.4 is 10.2 Å². The molecule has 1 aliphatic rings. The van der Waals surface area contributed by atoms with Gasteiger partial charge in [-0.05, 0) is 39.8 Å². The van der Waals surface area contributed by atoms with Crippen molar-refractivity contribution in [2.45, 2.75) is 52.2 Å². The van der Waals surface area contributed by atoms with E-state index in [2.05, 4.69) is 0 Å². The third kappa shape index (κ3) is 3.79. The zero-order valence-corrected chi connectivity index (χ0v) is 18.1.